The Kier molecular flexibility index (Phi) is 5.86. The van der Waals surface area contributed by atoms with Gasteiger partial charge in [-0.3, -0.25) is 4.79 Å². The molecule has 152 valence electrons. The summed E-state index contributed by atoms with van der Waals surface area (Å²) in [6, 6.07) is 15.2. The normalized spacial score (nSPS) is 10.9. The Balaban J connectivity index is 1.58. The maximum Gasteiger partial charge on any atom is 0.255 e. The van der Waals surface area contributed by atoms with E-state index < -0.39 is 0 Å². The van der Waals surface area contributed by atoms with E-state index in [0.717, 1.165) is 0 Å². The van der Waals surface area contributed by atoms with Crippen molar-refractivity contribution in [1.29, 1.82) is 0 Å². The molecule has 1 amide bonds. The molecule has 5 nitrogen and oxygen atoms in total. The standard InChI is InChI=1S/C22H15Cl3N2O3/c1-2-29-19-7-3-12(9-17(19)25)21(28)26-14-5-8-20-18(11-14)27-22(30-20)15-6-4-13(23)10-16(15)24/h3-11H,2H2,1H3,(H,26,28). The first-order valence-electron chi connectivity index (χ1n) is 9.04. The van der Waals surface area contributed by atoms with Crippen LogP contribution >= 0.6 is 34.8 Å². The molecule has 0 atom stereocenters. The number of hydrogen-bond acceptors (Lipinski definition) is 4. The molecule has 0 aliphatic heterocycles. The number of hydrogen-bond donors (Lipinski definition) is 1. The lowest BCUT2D eigenvalue weighted by molar-refractivity contribution is 0.102. The van der Waals surface area contributed by atoms with E-state index in [1.165, 1.54) is 0 Å². The number of anilines is 1. The number of rotatable bonds is 5. The molecule has 1 aromatic heterocycles. The number of carbonyl (C=O) groups excluding carboxylic acids is 1. The number of fused-ring (bicyclic) bond motifs is 1. The summed E-state index contributed by atoms with van der Waals surface area (Å²) < 4.78 is 11.2. The Labute approximate surface area is 187 Å². The number of carbonyl (C=O) groups is 1. The molecule has 0 saturated heterocycles. The minimum absolute atomic E-state index is 0.302. The molecule has 0 aliphatic carbocycles. The van der Waals surface area contributed by atoms with Crippen LogP contribution in [-0.2, 0) is 0 Å². The Morgan fingerprint density at radius 3 is 2.60 bits per heavy atom. The zero-order chi connectivity index (χ0) is 21.3. The molecular weight excluding hydrogens is 447 g/mol. The van der Waals surface area contributed by atoms with E-state index in [4.69, 9.17) is 44.0 Å². The van der Waals surface area contributed by atoms with E-state index in [1.54, 1.807) is 54.6 Å². The molecule has 0 bridgehead atoms. The molecule has 0 aliphatic rings. The van der Waals surface area contributed by atoms with Gasteiger partial charge in [0.05, 0.1) is 22.2 Å². The van der Waals surface area contributed by atoms with Crippen molar-refractivity contribution in [2.24, 2.45) is 0 Å². The predicted octanol–water partition coefficient (Wildman–Crippen LogP) is 7.11. The van der Waals surface area contributed by atoms with Gasteiger partial charge in [0.1, 0.15) is 11.3 Å². The molecule has 0 saturated carbocycles. The predicted molar refractivity (Wildman–Crippen MR) is 120 cm³/mol. The second kappa shape index (κ2) is 8.56. The lowest BCUT2D eigenvalue weighted by Gasteiger charge is -2.08. The van der Waals surface area contributed by atoms with Crippen molar-refractivity contribution < 1.29 is 13.9 Å². The van der Waals surface area contributed by atoms with Crippen molar-refractivity contribution in [3.05, 3.63) is 75.2 Å². The SMILES string of the molecule is CCOc1ccc(C(=O)Nc2ccc3oc(-c4ccc(Cl)cc4Cl)nc3c2)cc1Cl. The van der Waals surface area contributed by atoms with Gasteiger partial charge >= 0.3 is 0 Å². The number of amides is 1. The van der Waals surface area contributed by atoms with E-state index in [2.05, 4.69) is 10.3 Å². The zero-order valence-electron chi connectivity index (χ0n) is 15.7. The fourth-order valence-corrected chi connectivity index (χ4v) is 3.63. The Hall–Kier alpha value is -2.73. The topological polar surface area (TPSA) is 64.4 Å². The number of nitrogens with zero attached hydrogens (tertiary/aromatic N) is 1. The highest BCUT2D eigenvalue weighted by Gasteiger charge is 2.14. The number of nitrogens with one attached hydrogen (secondary N) is 1. The summed E-state index contributed by atoms with van der Waals surface area (Å²) >= 11 is 18.4. The minimum Gasteiger partial charge on any atom is -0.492 e. The van der Waals surface area contributed by atoms with Gasteiger partial charge in [0, 0.05) is 16.3 Å². The van der Waals surface area contributed by atoms with Crippen LogP contribution in [0.25, 0.3) is 22.6 Å². The summed E-state index contributed by atoms with van der Waals surface area (Å²) in [5.74, 6) is 0.602. The molecule has 0 spiro atoms. The first kappa shape index (κ1) is 20.5. The van der Waals surface area contributed by atoms with E-state index >= 15 is 0 Å². The number of halogens is 3. The molecule has 8 heteroatoms. The molecule has 4 rings (SSSR count). The Morgan fingerprint density at radius 2 is 1.87 bits per heavy atom. The van der Waals surface area contributed by atoms with Crippen LogP contribution in [0.2, 0.25) is 15.1 Å². The second-order valence-electron chi connectivity index (χ2n) is 6.36. The quantitative estimate of drug-likeness (QED) is 0.344. The molecule has 0 fully saturated rings. The summed E-state index contributed by atoms with van der Waals surface area (Å²) in [4.78, 5) is 17.1. The molecule has 1 heterocycles. The third-order valence-corrected chi connectivity index (χ3v) is 5.14. The maximum absolute atomic E-state index is 12.6. The van der Waals surface area contributed by atoms with E-state index in [9.17, 15) is 4.79 Å². The average Bonchev–Trinajstić information content (AvgIpc) is 3.12. The lowest BCUT2D eigenvalue weighted by atomic mass is 10.2. The van der Waals surface area contributed by atoms with Crippen LogP contribution in [0.5, 0.6) is 5.75 Å². The van der Waals surface area contributed by atoms with Crippen molar-refractivity contribution in [2.75, 3.05) is 11.9 Å². The Bertz CT molecular complexity index is 1250. The Morgan fingerprint density at radius 1 is 1.03 bits per heavy atom. The van der Waals surface area contributed by atoms with Gasteiger partial charge in [-0.15, -0.1) is 0 Å². The van der Waals surface area contributed by atoms with Crippen LogP contribution in [0, 0.1) is 0 Å². The van der Waals surface area contributed by atoms with Crippen molar-refractivity contribution in [2.45, 2.75) is 6.92 Å². The van der Waals surface area contributed by atoms with Crippen LogP contribution < -0.4 is 10.1 Å². The number of ether oxygens (including phenoxy) is 1. The molecule has 1 N–H and O–H groups in total. The fraction of sp³-hybridized carbons (Fsp3) is 0.0909. The highest BCUT2D eigenvalue weighted by Crippen LogP contribution is 2.33. The van der Waals surface area contributed by atoms with Crippen molar-refractivity contribution >= 4 is 57.5 Å². The molecular formula is C22H15Cl3N2O3. The molecule has 30 heavy (non-hydrogen) atoms. The summed E-state index contributed by atoms with van der Waals surface area (Å²) in [5.41, 5.74) is 2.76. The van der Waals surface area contributed by atoms with Gasteiger partial charge in [0.25, 0.3) is 5.91 Å². The number of aromatic nitrogens is 1. The third kappa shape index (κ3) is 4.24. The average molecular weight is 462 g/mol. The smallest absolute Gasteiger partial charge is 0.255 e. The van der Waals surface area contributed by atoms with Gasteiger partial charge in [-0.1, -0.05) is 34.8 Å². The molecule has 4 aromatic rings. The van der Waals surface area contributed by atoms with Crippen LogP contribution in [0.1, 0.15) is 17.3 Å². The first-order valence-corrected chi connectivity index (χ1v) is 10.2. The van der Waals surface area contributed by atoms with Gasteiger partial charge in [-0.05, 0) is 61.5 Å². The van der Waals surface area contributed by atoms with Gasteiger partial charge in [0.15, 0.2) is 5.58 Å². The van der Waals surface area contributed by atoms with Gasteiger partial charge in [-0.25, -0.2) is 4.98 Å². The fourth-order valence-electron chi connectivity index (χ4n) is 2.90. The van der Waals surface area contributed by atoms with Crippen molar-refractivity contribution in [3.8, 4) is 17.2 Å². The van der Waals surface area contributed by atoms with Crippen LogP contribution in [0.15, 0.2) is 59.0 Å². The van der Waals surface area contributed by atoms with Crippen molar-refractivity contribution in [3.63, 3.8) is 0 Å². The van der Waals surface area contributed by atoms with Crippen molar-refractivity contribution in [1.82, 2.24) is 4.98 Å². The number of oxazole rings is 1. The minimum atomic E-state index is -0.302. The summed E-state index contributed by atoms with van der Waals surface area (Å²) in [6.45, 7) is 2.36. The van der Waals surface area contributed by atoms with Gasteiger partial charge in [-0.2, -0.15) is 0 Å². The van der Waals surface area contributed by atoms with E-state index in [0.29, 0.717) is 61.2 Å². The maximum atomic E-state index is 12.6. The largest absolute Gasteiger partial charge is 0.492 e. The summed E-state index contributed by atoms with van der Waals surface area (Å²) in [6.07, 6.45) is 0. The highest BCUT2D eigenvalue weighted by molar-refractivity contribution is 6.36. The van der Waals surface area contributed by atoms with Crippen LogP contribution in [0.3, 0.4) is 0 Å². The number of benzene rings is 3. The van der Waals surface area contributed by atoms with E-state index in [1.807, 2.05) is 6.92 Å². The summed E-state index contributed by atoms with van der Waals surface area (Å²) in [5, 5.41) is 4.18. The third-order valence-electron chi connectivity index (χ3n) is 4.30. The first-order chi connectivity index (χ1) is 14.4. The molecule has 3 aromatic carbocycles. The lowest BCUT2D eigenvalue weighted by Crippen LogP contribution is -2.11. The van der Waals surface area contributed by atoms with Crippen LogP contribution in [-0.4, -0.2) is 17.5 Å². The zero-order valence-corrected chi connectivity index (χ0v) is 18.0. The molecule has 0 unspecified atom stereocenters. The van der Waals surface area contributed by atoms with E-state index in [-0.39, 0.29) is 5.91 Å². The summed E-state index contributed by atoms with van der Waals surface area (Å²) in [7, 11) is 0. The monoisotopic (exact) mass is 460 g/mol. The van der Waals surface area contributed by atoms with Gasteiger partial charge < -0.3 is 14.5 Å². The van der Waals surface area contributed by atoms with Gasteiger partial charge in [0.2, 0.25) is 5.89 Å². The highest BCUT2D eigenvalue weighted by atomic mass is 35.5. The molecule has 0 radical (unpaired) electrons. The van der Waals surface area contributed by atoms with Crippen LogP contribution in [0.4, 0.5) is 5.69 Å². The second-order valence-corrected chi connectivity index (χ2v) is 7.61.